The first-order valence-corrected chi connectivity index (χ1v) is 19.2. The molecule has 3 rings (SSSR count). The summed E-state index contributed by atoms with van der Waals surface area (Å²) in [5, 5.41) is 23.0. The van der Waals surface area contributed by atoms with Gasteiger partial charge in [0.25, 0.3) is 0 Å². The zero-order chi connectivity index (χ0) is 39.0. The predicted molar refractivity (Wildman–Crippen MR) is 206 cm³/mol. The first-order chi connectivity index (χ1) is 25.2. The van der Waals surface area contributed by atoms with Crippen molar-refractivity contribution in [2.75, 3.05) is 6.54 Å². The fourth-order valence-electron chi connectivity index (χ4n) is 6.85. The Labute approximate surface area is 315 Å². The summed E-state index contributed by atoms with van der Waals surface area (Å²) in [5.41, 5.74) is 12.6. The summed E-state index contributed by atoms with van der Waals surface area (Å²) >= 11 is 0. The summed E-state index contributed by atoms with van der Waals surface area (Å²) in [5.74, 6) is -2.75. The number of amides is 5. The number of aliphatic hydroxyl groups excluding tert-OH is 1. The van der Waals surface area contributed by atoms with Crippen LogP contribution in [0.3, 0.4) is 0 Å². The SMILES string of the molecule is CC(C)CCNC(=O)C(CC(C)C)CC(O)C(Cc1ccccc1)NC(=O)C(CC(N)=O)NC(=O)C(Cc1ccccc1)NC(=O)C1(N)CCCCC1. The second-order valence-electron chi connectivity index (χ2n) is 15.6. The Morgan fingerprint density at radius 1 is 0.717 bits per heavy atom. The van der Waals surface area contributed by atoms with Gasteiger partial charge in [0, 0.05) is 18.9 Å². The van der Waals surface area contributed by atoms with E-state index in [1.165, 1.54) is 0 Å². The molecular weight excluding hydrogens is 672 g/mol. The molecule has 0 saturated heterocycles. The van der Waals surface area contributed by atoms with E-state index in [9.17, 15) is 29.1 Å². The molecule has 2 aromatic rings. The number of nitrogens with one attached hydrogen (secondary N) is 4. The maximum Gasteiger partial charge on any atom is 0.243 e. The number of hydrogen-bond acceptors (Lipinski definition) is 7. The van der Waals surface area contributed by atoms with E-state index in [-0.39, 0.29) is 31.1 Å². The quantitative estimate of drug-likeness (QED) is 0.102. The van der Waals surface area contributed by atoms with Gasteiger partial charge in [-0.25, -0.2) is 0 Å². The molecule has 1 aliphatic rings. The van der Waals surface area contributed by atoms with Gasteiger partial charge in [-0.2, -0.15) is 0 Å². The number of nitrogens with two attached hydrogens (primary N) is 2. The third kappa shape index (κ3) is 14.9. The molecule has 0 spiro atoms. The topological polar surface area (TPSA) is 206 Å². The van der Waals surface area contributed by atoms with Crippen LogP contribution in [0.4, 0.5) is 0 Å². The standard InChI is InChI=1S/C41H62N6O6/c1-27(2)18-21-44-37(50)31(22-28(3)4)25-35(48)32(23-29-14-8-5-9-15-29)45-39(52)34(26-36(42)49)46-38(51)33(24-30-16-10-6-11-17-30)47-40(53)41(43)19-12-7-13-20-41/h5-6,8-11,14-17,27-28,31-35,48H,7,12-13,18-26,43H2,1-4H3,(H2,42,49)(H,44,50)(H,45,52)(H,46,51)(H,47,53). The minimum absolute atomic E-state index is 0.0857. The molecule has 0 aromatic heterocycles. The van der Waals surface area contributed by atoms with Crippen LogP contribution in [-0.4, -0.2) is 71.0 Å². The fraction of sp³-hybridized carbons (Fsp3) is 0.585. The highest BCUT2D eigenvalue weighted by molar-refractivity contribution is 5.96. The van der Waals surface area contributed by atoms with Crippen molar-refractivity contribution in [1.29, 1.82) is 0 Å². The lowest BCUT2D eigenvalue weighted by Gasteiger charge is -2.33. The van der Waals surface area contributed by atoms with Crippen molar-refractivity contribution in [2.24, 2.45) is 29.2 Å². The van der Waals surface area contributed by atoms with Gasteiger partial charge in [0.05, 0.1) is 24.1 Å². The first-order valence-electron chi connectivity index (χ1n) is 19.2. The van der Waals surface area contributed by atoms with Crippen molar-refractivity contribution in [3.05, 3.63) is 71.8 Å². The molecule has 0 bridgehead atoms. The smallest absolute Gasteiger partial charge is 0.243 e. The molecule has 53 heavy (non-hydrogen) atoms. The molecule has 0 aliphatic heterocycles. The average molecular weight is 735 g/mol. The van der Waals surface area contributed by atoms with Crippen molar-refractivity contribution in [2.45, 2.75) is 128 Å². The van der Waals surface area contributed by atoms with Gasteiger partial charge in [0.1, 0.15) is 12.1 Å². The minimum atomic E-state index is -1.41. The normalized spacial score (nSPS) is 16.8. The Kier molecular flexibility index (Phi) is 17.4. The second kappa shape index (κ2) is 21.4. The van der Waals surface area contributed by atoms with E-state index >= 15 is 0 Å². The van der Waals surface area contributed by atoms with E-state index in [1.807, 2.05) is 74.5 Å². The average Bonchev–Trinajstić information content (AvgIpc) is 3.11. The van der Waals surface area contributed by atoms with Gasteiger partial charge in [-0.15, -0.1) is 0 Å². The van der Waals surface area contributed by atoms with E-state index in [4.69, 9.17) is 11.5 Å². The van der Waals surface area contributed by atoms with Crippen LogP contribution < -0.4 is 32.7 Å². The van der Waals surface area contributed by atoms with Crippen LogP contribution >= 0.6 is 0 Å². The third-order valence-electron chi connectivity index (χ3n) is 9.90. The van der Waals surface area contributed by atoms with Crippen molar-refractivity contribution < 1.29 is 29.1 Å². The predicted octanol–water partition coefficient (Wildman–Crippen LogP) is 3.04. The van der Waals surface area contributed by atoms with E-state index in [1.54, 1.807) is 0 Å². The van der Waals surface area contributed by atoms with Crippen LogP contribution in [0.1, 0.15) is 96.6 Å². The van der Waals surface area contributed by atoms with Gasteiger partial charge in [-0.1, -0.05) is 108 Å². The van der Waals surface area contributed by atoms with Crippen LogP contribution in [0.15, 0.2) is 60.7 Å². The maximum absolute atomic E-state index is 14.0. The van der Waals surface area contributed by atoms with Gasteiger partial charge < -0.3 is 37.8 Å². The molecule has 1 fully saturated rings. The van der Waals surface area contributed by atoms with Crippen LogP contribution in [0.25, 0.3) is 0 Å². The van der Waals surface area contributed by atoms with Crippen molar-refractivity contribution in [3.63, 3.8) is 0 Å². The van der Waals surface area contributed by atoms with Gasteiger partial charge in [-0.3, -0.25) is 24.0 Å². The molecule has 12 nitrogen and oxygen atoms in total. The highest BCUT2D eigenvalue weighted by Crippen LogP contribution is 2.26. The number of benzene rings is 2. The molecule has 5 amide bonds. The van der Waals surface area contributed by atoms with Crippen LogP contribution in [0.5, 0.6) is 0 Å². The van der Waals surface area contributed by atoms with Gasteiger partial charge in [0.15, 0.2) is 0 Å². The monoisotopic (exact) mass is 734 g/mol. The summed E-state index contributed by atoms with van der Waals surface area (Å²) in [6, 6.07) is 15.0. The lowest BCUT2D eigenvalue weighted by atomic mass is 9.81. The Bertz CT molecular complexity index is 1460. The molecule has 0 radical (unpaired) electrons. The van der Waals surface area contributed by atoms with E-state index in [2.05, 4.69) is 35.1 Å². The molecule has 1 aliphatic carbocycles. The molecule has 5 atom stereocenters. The molecule has 2 aromatic carbocycles. The zero-order valence-corrected chi connectivity index (χ0v) is 31.9. The van der Waals surface area contributed by atoms with Crippen LogP contribution in [-0.2, 0) is 36.8 Å². The molecule has 9 N–H and O–H groups in total. The molecular formula is C41H62N6O6. The second-order valence-corrected chi connectivity index (χ2v) is 15.6. The maximum atomic E-state index is 14.0. The molecule has 5 unspecified atom stereocenters. The van der Waals surface area contributed by atoms with E-state index < -0.39 is 65.7 Å². The Morgan fingerprint density at radius 3 is 1.83 bits per heavy atom. The van der Waals surface area contributed by atoms with Gasteiger partial charge in [0.2, 0.25) is 29.5 Å². The van der Waals surface area contributed by atoms with Crippen LogP contribution in [0, 0.1) is 17.8 Å². The van der Waals surface area contributed by atoms with Crippen LogP contribution in [0.2, 0.25) is 0 Å². The summed E-state index contributed by atoms with van der Waals surface area (Å²) in [6.45, 7) is 8.71. The molecule has 1 saturated carbocycles. The highest BCUT2D eigenvalue weighted by Gasteiger charge is 2.38. The first kappa shape index (κ1) is 43.1. The van der Waals surface area contributed by atoms with Crippen molar-refractivity contribution in [1.82, 2.24) is 21.3 Å². The fourth-order valence-corrected chi connectivity index (χ4v) is 6.85. The molecule has 0 heterocycles. The highest BCUT2D eigenvalue weighted by atomic mass is 16.3. The van der Waals surface area contributed by atoms with Crippen molar-refractivity contribution >= 4 is 29.5 Å². The lowest BCUT2D eigenvalue weighted by Crippen LogP contribution is -2.61. The van der Waals surface area contributed by atoms with E-state index in [0.717, 1.165) is 36.8 Å². The van der Waals surface area contributed by atoms with Crippen molar-refractivity contribution in [3.8, 4) is 0 Å². The summed E-state index contributed by atoms with van der Waals surface area (Å²) in [6.07, 6.45) is 3.69. The third-order valence-corrected chi connectivity index (χ3v) is 9.90. The lowest BCUT2D eigenvalue weighted by molar-refractivity contribution is -0.135. The number of primary amides is 1. The number of carbonyl (C=O) groups excluding carboxylic acids is 5. The largest absolute Gasteiger partial charge is 0.391 e. The number of carbonyl (C=O) groups is 5. The minimum Gasteiger partial charge on any atom is -0.391 e. The Morgan fingerprint density at radius 2 is 1.28 bits per heavy atom. The Balaban J connectivity index is 1.85. The van der Waals surface area contributed by atoms with Gasteiger partial charge in [-0.05, 0) is 61.5 Å². The number of aliphatic hydroxyl groups is 1. The zero-order valence-electron chi connectivity index (χ0n) is 31.9. The Hall–Kier alpha value is -4.29. The molecule has 292 valence electrons. The molecule has 12 heteroatoms. The van der Waals surface area contributed by atoms with E-state index in [0.29, 0.717) is 31.7 Å². The number of rotatable bonds is 21. The number of hydrogen-bond donors (Lipinski definition) is 7. The summed E-state index contributed by atoms with van der Waals surface area (Å²) < 4.78 is 0. The summed E-state index contributed by atoms with van der Waals surface area (Å²) in [4.78, 5) is 67.0. The summed E-state index contributed by atoms with van der Waals surface area (Å²) in [7, 11) is 0. The van der Waals surface area contributed by atoms with Gasteiger partial charge >= 0.3 is 0 Å².